The van der Waals surface area contributed by atoms with Crippen molar-refractivity contribution in [3.63, 3.8) is 0 Å². The van der Waals surface area contributed by atoms with E-state index in [1.165, 1.54) is 18.5 Å². The van der Waals surface area contributed by atoms with Crippen molar-refractivity contribution in [3.8, 4) is 17.2 Å². The number of ether oxygens (including phenoxy) is 3. The van der Waals surface area contributed by atoms with E-state index >= 15 is 0 Å². The molecule has 2 saturated heterocycles. The molecule has 4 atom stereocenters. The Morgan fingerprint density at radius 1 is 1.17 bits per heavy atom. The third-order valence-electron chi connectivity index (χ3n) is 6.18. The van der Waals surface area contributed by atoms with Gasteiger partial charge >= 0.3 is 0 Å². The van der Waals surface area contributed by atoms with Crippen LogP contribution >= 0.6 is 0 Å². The lowest BCUT2D eigenvalue weighted by Gasteiger charge is -2.30. The fraction of sp³-hybridized carbons (Fsp3) is 0.458. The SMILES string of the molecule is Cc1ccc(OC[C@@H]2COc3ccc(C(=O)N[C@@H]4C[C@H]5CCN(C5)C4)cc3O2)cc1. The molecule has 0 saturated carbocycles. The number of hydrogen-bond donors (Lipinski definition) is 1. The molecule has 0 aliphatic carbocycles. The Balaban J connectivity index is 1.19. The maximum Gasteiger partial charge on any atom is 0.251 e. The Bertz CT molecular complexity index is 902. The Kier molecular flexibility index (Phi) is 5.25. The summed E-state index contributed by atoms with van der Waals surface area (Å²) in [6.45, 7) is 6.14. The van der Waals surface area contributed by atoms with Gasteiger partial charge in [-0.1, -0.05) is 17.7 Å². The Morgan fingerprint density at radius 2 is 2.03 bits per heavy atom. The number of rotatable bonds is 5. The van der Waals surface area contributed by atoms with Gasteiger partial charge in [0.1, 0.15) is 19.0 Å². The zero-order valence-electron chi connectivity index (χ0n) is 17.3. The molecule has 3 aliphatic rings. The van der Waals surface area contributed by atoms with Gasteiger partial charge in [0.2, 0.25) is 0 Å². The topological polar surface area (TPSA) is 60.0 Å². The highest BCUT2D eigenvalue weighted by Gasteiger charge is 2.33. The van der Waals surface area contributed by atoms with Crippen molar-refractivity contribution in [1.82, 2.24) is 10.2 Å². The number of aryl methyl sites for hydroxylation is 1. The number of carbonyl (C=O) groups is 1. The summed E-state index contributed by atoms with van der Waals surface area (Å²) >= 11 is 0. The maximum absolute atomic E-state index is 12.8. The minimum absolute atomic E-state index is 0.0491. The van der Waals surface area contributed by atoms with Crippen LogP contribution < -0.4 is 19.5 Å². The van der Waals surface area contributed by atoms with Crippen molar-refractivity contribution in [2.45, 2.75) is 31.9 Å². The number of carbonyl (C=O) groups excluding carboxylic acids is 1. The van der Waals surface area contributed by atoms with Crippen LogP contribution in [0.4, 0.5) is 0 Å². The monoisotopic (exact) mass is 408 g/mol. The van der Waals surface area contributed by atoms with Crippen LogP contribution in [-0.4, -0.2) is 55.8 Å². The van der Waals surface area contributed by atoms with Gasteiger partial charge < -0.3 is 24.4 Å². The van der Waals surface area contributed by atoms with Crippen LogP contribution in [0.2, 0.25) is 0 Å². The van der Waals surface area contributed by atoms with Crippen LogP contribution in [0.5, 0.6) is 17.2 Å². The second-order valence-corrected chi connectivity index (χ2v) is 8.66. The summed E-state index contributed by atoms with van der Waals surface area (Å²) in [5.74, 6) is 2.74. The molecule has 5 rings (SSSR count). The average Bonchev–Trinajstić information content (AvgIpc) is 3.10. The molecule has 3 heterocycles. The largest absolute Gasteiger partial charge is 0.490 e. The molecule has 1 amide bonds. The number of nitrogens with one attached hydrogen (secondary N) is 1. The second kappa shape index (κ2) is 8.19. The van der Waals surface area contributed by atoms with Gasteiger partial charge in [-0.15, -0.1) is 0 Å². The summed E-state index contributed by atoms with van der Waals surface area (Å²) in [4.78, 5) is 15.2. The molecule has 2 aromatic rings. The predicted molar refractivity (Wildman–Crippen MR) is 113 cm³/mol. The van der Waals surface area contributed by atoms with Crippen LogP contribution in [0, 0.1) is 12.8 Å². The van der Waals surface area contributed by atoms with Crippen molar-refractivity contribution >= 4 is 5.91 Å². The predicted octanol–water partition coefficient (Wildman–Crippen LogP) is 3.04. The summed E-state index contributed by atoms with van der Waals surface area (Å²) in [6.07, 6.45) is 2.10. The number of benzene rings is 2. The van der Waals surface area contributed by atoms with Crippen LogP contribution in [-0.2, 0) is 0 Å². The van der Waals surface area contributed by atoms with Gasteiger partial charge in [-0.25, -0.2) is 0 Å². The van der Waals surface area contributed by atoms with Crippen molar-refractivity contribution < 1.29 is 19.0 Å². The molecule has 0 aromatic heterocycles. The van der Waals surface area contributed by atoms with E-state index in [-0.39, 0.29) is 18.1 Å². The first-order valence-electron chi connectivity index (χ1n) is 10.8. The molecule has 1 N–H and O–H groups in total. The van der Waals surface area contributed by atoms with Crippen molar-refractivity contribution in [3.05, 3.63) is 53.6 Å². The Labute approximate surface area is 177 Å². The smallest absolute Gasteiger partial charge is 0.251 e. The van der Waals surface area contributed by atoms with Gasteiger partial charge in [0.25, 0.3) is 5.91 Å². The first-order chi connectivity index (χ1) is 14.6. The number of amides is 1. The van der Waals surface area contributed by atoms with Gasteiger partial charge in [-0.2, -0.15) is 0 Å². The van der Waals surface area contributed by atoms with E-state index < -0.39 is 0 Å². The Hall–Kier alpha value is -2.73. The molecule has 1 unspecified atom stereocenters. The molecule has 6 heteroatoms. The van der Waals surface area contributed by atoms with E-state index in [9.17, 15) is 4.79 Å². The molecule has 2 bridgehead atoms. The van der Waals surface area contributed by atoms with Gasteiger partial charge in [0.05, 0.1) is 0 Å². The molecule has 2 aromatic carbocycles. The lowest BCUT2D eigenvalue weighted by Crippen LogP contribution is -2.47. The fourth-order valence-corrected chi connectivity index (χ4v) is 4.60. The third kappa shape index (κ3) is 4.24. The quantitative estimate of drug-likeness (QED) is 0.824. The first-order valence-corrected chi connectivity index (χ1v) is 10.8. The van der Waals surface area contributed by atoms with Crippen molar-refractivity contribution in [1.29, 1.82) is 0 Å². The lowest BCUT2D eigenvalue weighted by atomic mass is 9.96. The van der Waals surface area contributed by atoms with E-state index in [1.807, 2.05) is 37.3 Å². The molecule has 30 heavy (non-hydrogen) atoms. The zero-order chi connectivity index (χ0) is 20.5. The normalized spacial score (nSPS) is 26.8. The van der Waals surface area contributed by atoms with E-state index in [0.29, 0.717) is 30.3 Å². The highest BCUT2D eigenvalue weighted by atomic mass is 16.6. The van der Waals surface area contributed by atoms with E-state index in [0.717, 1.165) is 31.2 Å². The van der Waals surface area contributed by atoms with Crippen LogP contribution in [0.1, 0.15) is 28.8 Å². The number of piperidine rings is 1. The highest BCUT2D eigenvalue weighted by Crippen LogP contribution is 2.33. The molecular weight excluding hydrogens is 380 g/mol. The first kappa shape index (κ1) is 19.2. The molecule has 0 spiro atoms. The second-order valence-electron chi connectivity index (χ2n) is 8.66. The van der Waals surface area contributed by atoms with Crippen LogP contribution in [0.15, 0.2) is 42.5 Å². The van der Waals surface area contributed by atoms with Crippen molar-refractivity contribution in [2.24, 2.45) is 5.92 Å². The number of fused-ring (bicyclic) bond motifs is 3. The van der Waals surface area contributed by atoms with Crippen LogP contribution in [0.3, 0.4) is 0 Å². The fourth-order valence-electron chi connectivity index (χ4n) is 4.60. The summed E-state index contributed by atoms with van der Waals surface area (Å²) in [7, 11) is 0. The van der Waals surface area contributed by atoms with E-state index in [1.54, 1.807) is 12.1 Å². The zero-order valence-corrected chi connectivity index (χ0v) is 17.3. The molecular formula is C24H28N2O4. The summed E-state index contributed by atoms with van der Waals surface area (Å²) in [6, 6.07) is 13.6. The van der Waals surface area contributed by atoms with Crippen molar-refractivity contribution in [2.75, 3.05) is 32.8 Å². The standard InChI is InChI=1S/C24H28N2O4/c1-16-2-5-20(6-3-16)28-14-21-15-29-22-7-4-18(11-23(22)30-21)24(27)25-19-10-17-8-9-26(12-17)13-19/h2-7,11,17,19,21H,8-10,12-15H2,1H3,(H,25,27)/t17-,19-,21-/m1/s1. The summed E-state index contributed by atoms with van der Waals surface area (Å²) in [5.41, 5.74) is 1.79. The van der Waals surface area contributed by atoms with Gasteiger partial charge in [0.15, 0.2) is 17.6 Å². The summed E-state index contributed by atoms with van der Waals surface area (Å²) < 4.78 is 17.7. The number of hydrogen-bond acceptors (Lipinski definition) is 5. The molecule has 0 radical (unpaired) electrons. The molecule has 3 aliphatic heterocycles. The minimum Gasteiger partial charge on any atom is -0.490 e. The van der Waals surface area contributed by atoms with Gasteiger partial charge in [-0.3, -0.25) is 4.79 Å². The highest BCUT2D eigenvalue weighted by molar-refractivity contribution is 5.95. The lowest BCUT2D eigenvalue weighted by molar-refractivity contribution is 0.0533. The van der Waals surface area contributed by atoms with E-state index in [2.05, 4.69) is 10.2 Å². The molecule has 2 fully saturated rings. The molecule has 6 nitrogen and oxygen atoms in total. The minimum atomic E-state index is -0.223. The number of nitrogens with zero attached hydrogens (tertiary/aromatic N) is 1. The van der Waals surface area contributed by atoms with E-state index in [4.69, 9.17) is 14.2 Å². The van der Waals surface area contributed by atoms with Crippen LogP contribution in [0.25, 0.3) is 0 Å². The maximum atomic E-state index is 12.8. The van der Waals surface area contributed by atoms with Gasteiger partial charge in [0, 0.05) is 24.7 Å². The summed E-state index contributed by atoms with van der Waals surface area (Å²) in [5, 5.41) is 3.20. The third-order valence-corrected chi connectivity index (χ3v) is 6.18. The average molecular weight is 408 g/mol. The van der Waals surface area contributed by atoms with Gasteiger partial charge in [-0.05, 0) is 62.6 Å². The Morgan fingerprint density at radius 3 is 2.87 bits per heavy atom. The molecule has 158 valence electrons.